The van der Waals surface area contributed by atoms with E-state index in [0.717, 1.165) is 23.9 Å². The number of para-hydroxylation sites is 1. The smallest absolute Gasteiger partial charge is 0.143 e. The summed E-state index contributed by atoms with van der Waals surface area (Å²) in [6, 6.07) is 8.29. The number of benzene rings is 1. The zero-order valence-electron chi connectivity index (χ0n) is 11.2. The molecule has 2 bridgehead atoms. The standard InChI is InChI=1S/C15H19N3O/c1-19-14-4-2-3-12(9-16)15(14)17-13-10-18-7-5-11(13)6-8-18/h2-4,11,13,17H,5-8,10H2,1H3. The molecule has 0 amide bonds. The second-order valence-corrected chi connectivity index (χ2v) is 5.38. The monoisotopic (exact) mass is 257 g/mol. The van der Waals surface area contributed by atoms with Crippen LogP contribution in [0.2, 0.25) is 0 Å². The third-order valence-corrected chi connectivity index (χ3v) is 4.35. The molecule has 1 N–H and O–H groups in total. The number of nitrogens with zero attached hydrogens (tertiary/aromatic N) is 2. The number of hydrogen-bond donors (Lipinski definition) is 1. The van der Waals surface area contributed by atoms with E-state index >= 15 is 0 Å². The lowest BCUT2D eigenvalue weighted by atomic mass is 9.84. The van der Waals surface area contributed by atoms with Crippen molar-refractivity contribution in [1.29, 1.82) is 5.26 Å². The van der Waals surface area contributed by atoms with Crippen LogP contribution in [-0.4, -0.2) is 37.7 Å². The fraction of sp³-hybridized carbons (Fsp3) is 0.533. The van der Waals surface area contributed by atoms with Crippen LogP contribution in [0.3, 0.4) is 0 Å². The summed E-state index contributed by atoms with van der Waals surface area (Å²) in [5, 5.41) is 12.8. The van der Waals surface area contributed by atoms with Gasteiger partial charge in [-0.3, -0.25) is 0 Å². The number of methoxy groups -OCH3 is 1. The molecule has 4 heteroatoms. The van der Waals surface area contributed by atoms with E-state index in [2.05, 4.69) is 16.3 Å². The first-order valence-electron chi connectivity index (χ1n) is 6.88. The summed E-state index contributed by atoms with van der Waals surface area (Å²) in [5.41, 5.74) is 1.52. The zero-order valence-corrected chi connectivity index (χ0v) is 11.2. The van der Waals surface area contributed by atoms with Crippen LogP contribution in [0.4, 0.5) is 5.69 Å². The maximum absolute atomic E-state index is 9.24. The lowest BCUT2D eigenvalue weighted by Crippen LogP contribution is -2.53. The van der Waals surface area contributed by atoms with Gasteiger partial charge >= 0.3 is 0 Å². The van der Waals surface area contributed by atoms with Crippen LogP contribution in [0.5, 0.6) is 5.75 Å². The molecule has 0 aromatic heterocycles. The lowest BCUT2D eigenvalue weighted by molar-refractivity contribution is 0.0974. The highest BCUT2D eigenvalue weighted by molar-refractivity contribution is 5.66. The van der Waals surface area contributed by atoms with Crippen LogP contribution in [-0.2, 0) is 0 Å². The minimum absolute atomic E-state index is 0.436. The van der Waals surface area contributed by atoms with E-state index in [0.29, 0.717) is 11.6 Å². The van der Waals surface area contributed by atoms with E-state index in [1.807, 2.05) is 18.2 Å². The average Bonchev–Trinajstić information content (AvgIpc) is 2.48. The summed E-state index contributed by atoms with van der Waals surface area (Å²) in [6.07, 6.45) is 2.52. The molecule has 3 aliphatic rings. The van der Waals surface area contributed by atoms with Crippen LogP contribution in [0.25, 0.3) is 0 Å². The Kier molecular flexibility index (Phi) is 3.31. The van der Waals surface area contributed by atoms with Gasteiger partial charge in [0.2, 0.25) is 0 Å². The van der Waals surface area contributed by atoms with Crippen molar-refractivity contribution in [3.63, 3.8) is 0 Å². The van der Waals surface area contributed by atoms with Gasteiger partial charge in [-0.2, -0.15) is 5.26 Å². The summed E-state index contributed by atoms with van der Waals surface area (Å²) in [5.74, 6) is 1.48. The van der Waals surface area contributed by atoms with Crippen LogP contribution in [0.15, 0.2) is 18.2 Å². The van der Waals surface area contributed by atoms with Crippen molar-refractivity contribution in [3.8, 4) is 11.8 Å². The van der Waals surface area contributed by atoms with Gasteiger partial charge in [0.25, 0.3) is 0 Å². The van der Waals surface area contributed by atoms with Crippen LogP contribution in [0, 0.1) is 17.2 Å². The Morgan fingerprint density at radius 1 is 1.37 bits per heavy atom. The molecule has 3 heterocycles. The van der Waals surface area contributed by atoms with Crippen molar-refractivity contribution in [3.05, 3.63) is 23.8 Å². The Bertz CT molecular complexity index is 501. The maximum Gasteiger partial charge on any atom is 0.143 e. The summed E-state index contributed by atoms with van der Waals surface area (Å²) in [7, 11) is 1.65. The number of ether oxygens (including phenoxy) is 1. The number of rotatable bonds is 3. The summed E-state index contributed by atoms with van der Waals surface area (Å²) in [4.78, 5) is 2.50. The fourth-order valence-electron chi connectivity index (χ4n) is 3.26. The number of nitriles is 1. The first-order valence-corrected chi connectivity index (χ1v) is 6.88. The molecule has 4 rings (SSSR count). The second-order valence-electron chi connectivity index (χ2n) is 5.38. The molecule has 100 valence electrons. The van der Waals surface area contributed by atoms with Crippen LogP contribution >= 0.6 is 0 Å². The molecule has 1 atom stereocenters. The molecule has 4 nitrogen and oxygen atoms in total. The van der Waals surface area contributed by atoms with Gasteiger partial charge in [0.05, 0.1) is 18.4 Å². The maximum atomic E-state index is 9.24. The van der Waals surface area contributed by atoms with Crippen LogP contribution in [0.1, 0.15) is 18.4 Å². The molecule has 3 saturated heterocycles. The highest BCUT2D eigenvalue weighted by Crippen LogP contribution is 2.34. The molecule has 3 aliphatic heterocycles. The number of fused-ring (bicyclic) bond motifs is 3. The SMILES string of the molecule is COc1cccc(C#N)c1NC1CN2CCC1CC2. The van der Waals surface area contributed by atoms with Gasteiger partial charge in [0, 0.05) is 12.6 Å². The largest absolute Gasteiger partial charge is 0.495 e. The van der Waals surface area contributed by atoms with Gasteiger partial charge in [0.1, 0.15) is 11.8 Å². The first kappa shape index (κ1) is 12.3. The van der Waals surface area contributed by atoms with Crippen molar-refractivity contribution in [2.24, 2.45) is 5.92 Å². The third-order valence-electron chi connectivity index (χ3n) is 4.35. The molecule has 0 spiro atoms. The van der Waals surface area contributed by atoms with Gasteiger partial charge in [-0.1, -0.05) is 6.07 Å². The third kappa shape index (κ3) is 2.26. The zero-order chi connectivity index (χ0) is 13.2. The Labute approximate surface area is 114 Å². The normalized spacial score (nSPS) is 28.7. The van der Waals surface area contributed by atoms with E-state index < -0.39 is 0 Å². The minimum atomic E-state index is 0.436. The van der Waals surface area contributed by atoms with Crippen molar-refractivity contribution in [2.45, 2.75) is 18.9 Å². The number of nitrogens with one attached hydrogen (secondary N) is 1. The Balaban J connectivity index is 1.85. The molecule has 0 saturated carbocycles. The average molecular weight is 257 g/mol. The van der Waals surface area contributed by atoms with Gasteiger partial charge in [-0.15, -0.1) is 0 Å². The molecular formula is C15H19N3O. The lowest BCUT2D eigenvalue weighted by Gasteiger charge is -2.45. The quantitative estimate of drug-likeness (QED) is 0.900. The summed E-state index contributed by atoms with van der Waals surface area (Å²) >= 11 is 0. The van der Waals surface area contributed by atoms with Crippen molar-refractivity contribution in [1.82, 2.24) is 4.90 Å². The van der Waals surface area contributed by atoms with Crippen LogP contribution < -0.4 is 10.1 Å². The summed E-state index contributed by atoms with van der Waals surface area (Å²) in [6.45, 7) is 3.52. The number of piperidine rings is 3. The topological polar surface area (TPSA) is 48.3 Å². The van der Waals surface area contributed by atoms with E-state index in [4.69, 9.17) is 4.74 Å². The highest BCUT2D eigenvalue weighted by Gasteiger charge is 2.34. The van der Waals surface area contributed by atoms with Gasteiger partial charge in [-0.25, -0.2) is 0 Å². The van der Waals surface area contributed by atoms with E-state index in [1.54, 1.807) is 7.11 Å². The van der Waals surface area contributed by atoms with Crippen molar-refractivity contribution < 1.29 is 4.74 Å². The molecular weight excluding hydrogens is 238 g/mol. The van der Waals surface area contributed by atoms with Crippen molar-refractivity contribution in [2.75, 3.05) is 32.1 Å². The predicted molar refractivity (Wildman–Crippen MR) is 74.3 cm³/mol. The second kappa shape index (κ2) is 5.10. The van der Waals surface area contributed by atoms with E-state index in [9.17, 15) is 5.26 Å². The Hall–Kier alpha value is -1.73. The van der Waals surface area contributed by atoms with Gasteiger partial charge in [-0.05, 0) is 44.0 Å². The molecule has 1 aromatic rings. The van der Waals surface area contributed by atoms with Crippen molar-refractivity contribution >= 4 is 5.69 Å². The Morgan fingerprint density at radius 2 is 2.16 bits per heavy atom. The molecule has 0 radical (unpaired) electrons. The Morgan fingerprint density at radius 3 is 2.74 bits per heavy atom. The van der Waals surface area contributed by atoms with Gasteiger partial charge in [0.15, 0.2) is 0 Å². The molecule has 1 aromatic carbocycles. The molecule has 0 aliphatic carbocycles. The fourth-order valence-corrected chi connectivity index (χ4v) is 3.26. The molecule has 1 unspecified atom stereocenters. The summed E-state index contributed by atoms with van der Waals surface area (Å²) < 4.78 is 5.38. The van der Waals surface area contributed by atoms with Gasteiger partial charge < -0.3 is 15.0 Å². The molecule has 3 fully saturated rings. The van der Waals surface area contributed by atoms with E-state index in [1.165, 1.54) is 25.9 Å². The number of anilines is 1. The van der Waals surface area contributed by atoms with E-state index in [-0.39, 0.29) is 0 Å². The predicted octanol–water partition coefficient (Wildman–Crippen LogP) is 2.07. The minimum Gasteiger partial charge on any atom is -0.495 e. The molecule has 19 heavy (non-hydrogen) atoms. The first-order chi connectivity index (χ1) is 9.31. The number of hydrogen-bond acceptors (Lipinski definition) is 4. The highest BCUT2D eigenvalue weighted by atomic mass is 16.5.